The van der Waals surface area contributed by atoms with Gasteiger partial charge in [-0.2, -0.15) is 0 Å². The average molecular weight is 251 g/mol. The molecular formula is C11H17N5O2. The van der Waals surface area contributed by atoms with Crippen molar-refractivity contribution in [3.63, 3.8) is 0 Å². The van der Waals surface area contributed by atoms with E-state index in [1.807, 2.05) is 23.7 Å². The highest BCUT2D eigenvalue weighted by Crippen LogP contribution is 2.16. The molecule has 0 bridgehead atoms. The predicted molar refractivity (Wildman–Crippen MR) is 68.7 cm³/mol. The third kappa shape index (κ3) is 2.69. The van der Waals surface area contributed by atoms with Crippen LogP contribution < -0.4 is 10.6 Å². The number of fused-ring (bicyclic) bond motifs is 1. The number of imidazole rings is 1. The van der Waals surface area contributed by atoms with Crippen LogP contribution in [0, 0.1) is 0 Å². The molecule has 0 aromatic carbocycles. The number of aromatic nitrogens is 3. The van der Waals surface area contributed by atoms with Crippen molar-refractivity contribution in [2.45, 2.75) is 13.0 Å². The lowest BCUT2D eigenvalue weighted by Crippen LogP contribution is -2.23. The number of nitrogens with zero attached hydrogens (tertiary/aromatic N) is 3. The third-order valence-corrected chi connectivity index (χ3v) is 2.45. The highest BCUT2D eigenvalue weighted by Gasteiger charge is 2.08. The maximum atomic E-state index is 9.33. The van der Waals surface area contributed by atoms with Crippen LogP contribution in [0.25, 0.3) is 5.65 Å². The van der Waals surface area contributed by atoms with Gasteiger partial charge in [0, 0.05) is 25.5 Å². The fourth-order valence-electron chi connectivity index (χ4n) is 1.60. The smallest absolute Gasteiger partial charge is 0.180 e. The number of nitrogens with one attached hydrogen (secondary N) is 2. The van der Waals surface area contributed by atoms with Gasteiger partial charge in [-0.15, -0.1) is 0 Å². The van der Waals surface area contributed by atoms with Crippen molar-refractivity contribution in [1.82, 2.24) is 14.4 Å². The highest BCUT2D eigenvalue weighted by molar-refractivity contribution is 5.65. The van der Waals surface area contributed by atoms with Crippen LogP contribution in [-0.2, 0) is 0 Å². The minimum Gasteiger partial charge on any atom is -0.394 e. The van der Waals surface area contributed by atoms with Crippen molar-refractivity contribution in [1.29, 1.82) is 0 Å². The molecule has 0 spiro atoms. The zero-order chi connectivity index (χ0) is 13.0. The van der Waals surface area contributed by atoms with Gasteiger partial charge in [0.2, 0.25) is 0 Å². The van der Waals surface area contributed by atoms with E-state index in [0.717, 1.165) is 12.4 Å². The zero-order valence-corrected chi connectivity index (χ0v) is 10.2. The second-order valence-corrected chi connectivity index (χ2v) is 3.88. The molecule has 4 N–H and O–H groups in total. The molecule has 0 saturated heterocycles. The molecule has 7 heteroatoms. The Bertz CT molecular complexity index is 513. The molecule has 2 aromatic rings. The normalized spacial score (nSPS) is 12.6. The Labute approximate surface area is 105 Å². The lowest BCUT2D eigenvalue weighted by Gasteiger charge is -2.12. The van der Waals surface area contributed by atoms with Crippen molar-refractivity contribution >= 4 is 17.3 Å². The molecule has 1 unspecified atom stereocenters. The van der Waals surface area contributed by atoms with Gasteiger partial charge < -0.3 is 25.2 Å². The van der Waals surface area contributed by atoms with Gasteiger partial charge in [-0.3, -0.25) is 0 Å². The van der Waals surface area contributed by atoms with Crippen molar-refractivity contribution in [2.24, 2.45) is 0 Å². The van der Waals surface area contributed by atoms with Crippen molar-refractivity contribution in [3.8, 4) is 0 Å². The van der Waals surface area contributed by atoms with Gasteiger partial charge in [-0.05, 0) is 6.92 Å². The summed E-state index contributed by atoms with van der Waals surface area (Å²) in [7, 11) is 0. The second kappa shape index (κ2) is 5.65. The standard InChI is InChI=1S/C11H17N5O2/c1-2-12-9-6-16-4-3-13-11(16)10(15-9)14-5-8(18)7-17/h3-4,6,8,12,17-18H,2,5,7H2,1H3,(H,14,15). The average Bonchev–Trinajstić information content (AvgIpc) is 2.84. The SMILES string of the molecule is CCNc1cn2ccnc2c(NCC(O)CO)n1. The van der Waals surface area contributed by atoms with Crippen LogP contribution in [0.1, 0.15) is 6.92 Å². The van der Waals surface area contributed by atoms with Crippen LogP contribution in [0.15, 0.2) is 18.6 Å². The first-order valence-electron chi connectivity index (χ1n) is 5.85. The summed E-state index contributed by atoms with van der Waals surface area (Å²) in [4.78, 5) is 8.56. The molecule has 0 aliphatic heterocycles. The van der Waals surface area contributed by atoms with E-state index >= 15 is 0 Å². The van der Waals surface area contributed by atoms with Crippen LogP contribution in [-0.4, -0.2) is 50.4 Å². The first kappa shape index (κ1) is 12.6. The Morgan fingerprint density at radius 3 is 3.00 bits per heavy atom. The Hall–Kier alpha value is -1.86. The fourth-order valence-corrected chi connectivity index (χ4v) is 1.60. The van der Waals surface area contributed by atoms with Crippen LogP contribution in [0.4, 0.5) is 11.6 Å². The number of rotatable bonds is 6. The molecule has 0 aliphatic carbocycles. The van der Waals surface area contributed by atoms with E-state index in [9.17, 15) is 5.11 Å². The van der Waals surface area contributed by atoms with E-state index < -0.39 is 6.10 Å². The van der Waals surface area contributed by atoms with E-state index in [1.54, 1.807) is 6.20 Å². The molecule has 7 nitrogen and oxygen atoms in total. The minimum atomic E-state index is -0.815. The second-order valence-electron chi connectivity index (χ2n) is 3.88. The van der Waals surface area contributed by atoms with E-state index in [4.69, 9.17) is 5.11 Å². The lowest BCUT2D eigenvalue weighted by atomic mass is 10.4. The van der Waals surface area contributed by atoms with Crippen LogP contribution in [0.5, 0.6) is 0 Å². The van der Waals surface area contributed by atoms with Crippen molar-refractivity contribution < 1.29 is 10.2 Å². The van der Waals surface area contributed by atoms with Gasteiger partial charge in [-0.1, -0.05) is 0 Å². The number of hydrogen-bond acceptors (Lipinski definition) is 6. The first-order chi connectivity index (χ1) is 8.74. The molecule has 0 aliphatic rings. The van der Waals surface area contributed by atoms with Gasteiger partial charge in [0.25, 0.3) is 0 Å². The van der Waals surface area contributed by atoms with Gasteiger partial charge in [0.05, 0.1) is 18.9 Å². The molecule has 0 radical (unpaired) electrons. The summed E-state index contributed by atoms with van der Waals surface area (Å²) >= 11 is 0. The monoisotopic (exact) mass is 251 g/mol. The van der Waals surface area contributed by atoms with E-state index in [-0.39, 0.29) is 13.2 Å². The van der Waals surface area contributed by atoms with Crippen LogP contribution in [0.2, 0.25) is 0 Å². The summed E-state index contributed by atoms with van der Waals surface area (Å²) < 4.78 is 1.85. The Balaban J connectivity index is 2.25. The third-order valence-electron chi connectivity index (χ3n) is 2.45. The van der Waals surface area contributed by atoms with Crippen LogP contribution >= 0.6 is 0 Å². The van der Waals surface area contributed by atoms with Crippen molar-refractivity contribution in [3.05, 3.63) is 18.6 Å². The zero-order valence-electron chi connectivity index (χ0n) is 10.2. The maximum Gasteiger partial charge on any atom is 0.180 e. The molecule has 2 rings (SSSR count). The molecule has 2 aromatic heterocycles. The Kier molecular flexibility index (Phi) is 3.96. The summed E-state index contributed by atoms with van der Waals surface area (Å²) in [5.41, 5.74) is 0.682. The molecule has 18 heavy (non-hydrogen) atoms. The topological polar surface area (TPSA) is 94.7 Å². The molecule has 1 atom stereocenters. The molecule has 2 heterocycles. The van der Waals surface area contributed by atoms with Gasteiger partial charge in [0.1, 0.15) is 5.82 Å². The predicted octanol–water partition coefficient (Wildman–Crippen LogP) is -0.0738. The lowest BCUT2D eigenvalue weighted by molar-refractivity contribution is 0.105. The number of hydrogen-bond donors (Lipinski definition) is 4. The molecular weight excluding hydrogens is 234 g/mol. The molecule has 0 saturated carbocycles. The highest BCUT2D eigenvalue weighted by atomic mass is 16.3. The van der Waals surface area contributed by atoms with E-state index in [2.05, 4.69) is 20.6 Å². The molecule has 0 amide bonds. The Morgan fingerprint density at radius 1 is 1.44 bits per heavy atom. The Morgan fingerprint density at radius 2 is 2.28 bits per heavy atom. The van der Waals surface area contributed by atoms with Gasteiger partial charge in [-0.25, -0.2) is 9.97 Å². The van der Waals surface area contributed by atoms with Crippen LogP contribution in [0.3, 0.4) is 0 Å². The van der Waals surface area contributed by atoms with E-state index in [1.165, 1.54) is 0 Å². The van der Waals surface area contributed by atoms with Gasteiger partial charge in [0.15, 0.2) is 11.5 Å². The number of anilines is 2. The summed E-state index contributed by atoms with van der Waals surface area (Å²) in [6.07, 6.45) is 4.54. The number of aliphatic hydroxyl groups is 2. The molecule has 98 valence electrons. The summed E-state index contributed by atoms with van der Waals surface area (Å²) in [6.45, 7) is 2.69. The first-order valence-corrected chi connectivity index (χ1v) is 5.85. The summed E-state index contributed by atoms with van der Waals surface area (Å²) in [6, 6.07) is 0. The van der Waals surface area contributed by atoms with E-state index in [0.29, 0.717) is 11.5 Å². The number of aliphatic hydroxyl groups excluding tert-OH is 2. The largest absolute Gasteiger partial charge is 0.394 e. The fraction of sp³-hybridized carbons (Fsp3) is 0.455. The minimum absolute atomic E-state index is 0.224. The van der Waals surface area contributed by atoms with Gasteiger partial charge >= 0.3 is 0 Å². The van der Waals surface area contributed by atoms with Crippen molar-refractivity contribution in [2.75, 3.05) is 30.3 Å². The maximum absolute atomic E-state index is 9.33. The molecule has 0 fully saturated rings. The quantitative estimate of drug-likeness (QED) is 0.574. The summed E-state index contributed by atoms with van der Waals surface area (Å²) in [5, 5.41) is 24.2. The summed E-state index contributed by atoms with van der Waals surface area (Å²) in [5.74, 6) is 1.30.